The highest BCUT2D eigenvalue weighted by atomic mass is 15.3. The summed E-state index contributed by atoms with van der Waals surface area (Å²) in [6.07, 6.45) is 1.72. The van der Waals surface area contributed by atoms with Crippen molar-refractivity contribution in [2.75, 3.05) is 0 Å². The molecule has 0 atom stereocenters. The lowest BCUT2D eigenvalue weighted by Gasteiger charge is -2.19. The minimum atomic E-state index is 0.212. The summed E-state index contributed by atoms with van der Waals surface area (Å²) in [5.41, 5.74) is 2.86. The molecular weight excluding hydrogens is 236 g/mol. The smallest absolute Gasteiger partial charge is 0.164 e. The summed E-state index contributed by atoms with van der Waals surface area (Å²) in [7, 11) is 1.88. The predicted molar refractivity (Wildman–Crippen MR) is 76.7 cm³/mol. The quantitative estimate of drug-likeness (QED) is 0.915. The highest BCUT2D eigenvalue weighted by Crippen LogP contribution is 2.22. The van der Waals surface area contributed by atoms with Crippen molar-refractivity contribution in [3.8, 4) is 0 Å². The molecule has 0 aliphatic heterocycles. The van der Waals surface area contributed by atoms with Gasteiger partial charge < -0.3 is 5.32 Å². The Kier molecular flexibility index (Phi) is 4.00. The zero-order chi connectivity index (χ0) is 13.9. The van der Waals surface area contributed by atoms with Gasteiger partial charge in [0, 0.05) is 13.6 Å². The maximum atomic E-state index is 4.23. The van der Waals surface area contributed by atoms with E-state index in [0.29, 0.717) is 6.54 Å². The predicted octanol–water partition coefficient (Wildman–Crippen LogP) is 2.40. The van der Waals surface area contributed by atoms with Crippen LogP contribution in [-0.4, -0.2) is 14.8 Å². The van der Waals surface area contributed by atoms with Crippen LogP contribution >= 0.6 is 0 Å². The molecule has 2 aromatic rings. The molecule has 0 amide bonds. The Hall–Kier alpha value is -1.68. The lowest BCUT2D eigenvalue weighted by Crippen LogP contribution is -2.15. The van der Waals surface area contributed by atoms with Gasteiger partial charge >= 0.3 is 0 Å². The van der Waals surface area contributed by atoms with Crippen molar-refractivity contribution >= 4 is 0 Å². The first-order chi connectivity index (χ1) is 8.95. The molecule has 0 bridgehead atoms. The molecule has 0 unspecified atom stereocenters. The second-order valence-corrected chi connectivity index (χ2v) is 5.88. The second-order valence-electron chi connectivity index (χ2n) is 5.88. The molecule has 0 aliphatic carbocycles. The number of nitrogens with zero attached hydrogens (tertiary/aromatic N) is 3. The zero-order valence-corrected chi connectivity index (χ0v) is 12.1. The SMILES string of the molecule is Cn1cnc(CNCc2ccc(C(C)(C)C)cc2)n1. The van der Waals surface area contributed by atoms with Gasteiger partial charge in [0.25, 0.3) is 0 Å². The molecule has 4 nitrogen and oxygen atoms in total. The van der Waals surface area contributed by atoms with Crippen LogP contribution in [0.3, 0.4) is 0 Å². The fourth-order valence-electron chi connectivity index (χ4n) is 1.91. The van der Waals surface area contributed by atoms with Crippen molar-refractivity contribution in [1.82, 2.24) is 20.1 Å². The first-order valence-electron chi connectivity index (χ1n) is 6.60. The second kappa shape index (κ2) is 5.53. The van der Waals surface area contributed by atoms with Crippen LogP contribution in [-0.2, 0) is 25.6 Å². The molecule has 0 saturated carbocycles. The minimum absolute atomic E-state index is 0.212. The molecule has 1 heterocycles. The Bertz CT molecular complexity index is 520. The maximum absolute atomic E-state index is 4.23. The minimum Gasteiger partial charge on any atom is -0.306 e. The molecule has 0 radical (unpaired) electrons. The Morgan fingerprint density at radius 1 is 1.11 bits per heavy atom. The van der Waals surface area contributed by atoms with Gasteiger partial charge in [0.1, 0.15) is 6.33 Å². The van der Waals surface area contributed by atoms with Gasteiger partial charge in [-0.2, -0.15) is 5.10 Å². The average Bonchev–Trinajstić information content (AvgIpc) is 2.75. The molecule has 1 aromatic heterocycles. The Morgan fingerprint density at radius 2 is 1.79 bits per heavy atom. The first-order valence-corrected chi connectivity index (χ1v) is 6.60. The van der Waals surface area contributed by atoms with Crippen molar-refractivity contribution < 1.29 is 0 Å². The fraction of sp³-hybridized carbons (Fsp3) is 0.467. The van der Waals surface area contributed by atoms with Crippen LogP contribution < -0.4 is 5.32 Å². The number of rotatable bonds is 4. The zero-order valence-electron chi connectivity index (χ0n) is 12.1. The Morgan fingerprint density at radius 3 is 2.32 bits per heavy atom. The van der Waals surface area contributed by atoms with Crippen molar-refractivity contribution in [3.63, 3.8) is 0 Å². The van der Waals surface area contributed by atoms with Crippen molar-refractivity contribution in [2.24, 2.45) is 7.05 Å². The topological polar surface area (TPSA) is 42.7 Å². The number of hydrogen-bond acceptors (Lipinski definition) is 3. The van der Waals surface area contributed by atoms with E-state index in [1.165, 1.54) is 11.1 Å². The molecule has 1 aromatic carbocycles. The van der Waals surface area contributed by atoms with Crippen LogP contribution in [0.4, 0.5) is 0 Å². The molecule has 0 aliphatic rings. The standard InChI is InChI=1S/C15H22N4/c1-15(2,3)13-7-5-12(6-8-13)9-16-10-14-17-11-19(4)18-14/h5-8,11,16H,9-10H2,1-4H3. The summed E-state index contributed by atoms with van der Waals surface area (Å²) >= 11 is 0. The van der Waals surface area contributed by atoms with E-state index >= 15 is 0 Å². The van der Waals surface area contributed by atoms with Gasteiger partial charge in [-0.15, -0.1) is 0 Å². The fourth-order valence-corrected chi connectivity index (χ4v) is 1.91. The number of hydrogen-bond donors (Lipinski definition) is 1. The van der Waals surface area contributed by atoms with E-state index in [-0.39, 0.29) is 5.41 Å². The lowest BCUT2D eigenvalue weighted by molar-refractivity contribution is 0.589. The van der Waals surface area contributed by atoms with E-state index in [1.807, 2.05) is 7.05 Å². The summed E-state index contributed by atoms with van der Waals surface area (Å²) in [5, 5.41) is 7.58. The average molecular weight is 258 g/mol. The largest absolute Gasteiger partial charge is 0.306 e. The number of aryl methyl sites for hydroxylation is 1. The molecule has 4 heteroatoms. The monoisotopic (exact) mass is 258 g/mol. The van der Waals surface area contributed by atoms with Crippen molar-refractivity contribution in [2.45, 2.75) is 39.3 Å². The van der Waals surface area contributed by atoms with Crippen LogP contribution in [0.5, 0.6) is 0 Å². The van der Waals surface area contributed by atoms with E-state index in [9.17, 15) is 0 Å². The molecule has 0 saturated heterocycles. The molecular formula is C15H22N4. The van der Waals surface area contributed by atoms with Gasteiger partial charge in [-0.25, -0.2) is 4.98 Å². The van der Waals surface area contributed by atoms with E-state index in [2.05, 4.69) is 60.4 Å². The number of benzene rings is 1. The summed E-state index contributed by atoms with van der Waals surface area (Å²) < 4.78 is 1.72. The van der Waals surface area contributed by atoms with Crippen LogP contribution in [0.2, 0.25) is 0 Å². The maximum Gasteiger partial charge on any atom is 0.164 e. The molecule has 102 valence electrons. The van der Waals surface area contributed by atoms with Gasteiger partial charge in [0.15, 0.2) is 5.82 Å². The highest BCUT2D eigenvalue weighted by molar-refractivity contribution is 5.27. The third kappa shape index (κ3) is 3.89. The van der Waals surface area contributed by atoms with Crippen molar-refractivity contribution in [3.05, 3.63) is 47.5 Å². The highest BCUT2D eigenvalue weighted by Gasteiger charge is 2.12. The van der Waals surface area contributed by atoms with Crippen molar-refractivity contribution in [1.29, 1.82) is 0 Å². The van der Waals surface area contributed by atoms with Crippen LogP contribution in [0.25, 0.3) is 0 Å². The summed E-state index contributed by atoms with van der Waals surface area (Å²) in [5.74, 6) is 0.828. The number of aromatic nitrogens is 3. The third-order valence-corrected chi connectivity index (χ3v) is 3.08. The lowest BCUT2D eigenvalue weighted by atomic mass is 9.87. The Labute approximate surface area is 114 Å². The van der Waals surface area contributed by atoms with Gasteiger partial charge in [-0.05, 0) is 16.5 Å². The van der Waals surface area contributed by atoms with E-state index in [0.717, 1.165) is 12.4 Å². The first kappa shape index (κ1) is 13.7. The molecule has 2 rings (SSSR count). The van der Waals surface area contributed by atoms with E-state index < -0.39 is 0 Å². The summed E-state index contributed by atoms with van der Waals surface area (Å²) in [4.78, 5) is 4.18. The van der Waals surface area contributed by atoms with Gasteiger partial charge in [-0.1, -0.05) is 45.0 Å². The Balaban J connectivity index is 1.86. The van der Waals surface area contributed by atoms with Crippen LogP contribution in [0.15, 0.2) is 30.6 Å². The van der Waals surface area contributed by atoms with Crippen LogP contribution in [0, 0.1) is 0 Å². The van der Waals surface area contributed by atoms with Gasteiger partial charge in [0.05, 0.1) is 6.54 Å². The molecule has 19 heavy (non-hydrogen) atoms. The molecule has 1 N–H and O–H groups in total. The van der Waals surface area contributed by atoms with E-state index in [4.69, 9.17) is 0 Å². The van der Waals surface area contributed by atoms with Gasteiger partial charge in [0.2, 0.25) is 0 Å². The third-order valence-electron chi connectivity index (χ3n) is 3.08. The number of nitrogens with one attached hydrogen (secondary N) is 1. The summed E-state index contributed by atoms with van der Waals surface area (Å²) in [6.45, 7) is 8.22. The van der Waals surface area contributed by atoms with E-state index in [1.54, 1.807) is 11.0 Å². The molecule has 0 fully saturated rings. The van der Waals surface area contributed by atoms with Crippen LogP contribution in [0.1, 0.15) is 37.7 Å². The normalized spacial score (nSPS) is 11.8. The molecule has 0 spiro atoms. The summed E-state index contributed by atoms with van der Waals surface area (Å²) in [6, 6.07) is 8.77. The van der Waals surface area contributed by atoms with Gasteiger partial charge in [-0.3, -0.25) is 4.68 Å².